The number of anilines is 1. The molecule has 1 heterocycles. The quantitative estimate of drug-likeness (QED) is 0.801. The zero-order valence-electron chi connectivity index (χ0n) is 13.0. The van der Waals surface area contributed by atoms with E-state index in [1.165, 1.54) is 12.0 Å². The van der Waals surface area contributed by atoms with E-state index in [9.17, 15) is 5.26 Å². The van der Waals surface area contributed by atoms with Crippen molar-refractivity contribution in [1.82, 2.24) is 4.98 Å². The van der Waals surface area contributed by atoms with Crippen molar-refractivity contribution in [1.29, 1.82) is 5.26 Å². The van der Waals surface area contributed by atoms with Crippen molar-refractivity contribution in [2.24, 2.45) is 0 Å². The van der Waals surface area contributed by atoms with Gasteiger partial charge in [-0.1, -0.05) is 12.5 Å². The van der Waals surface area contributed by atoms with Gasteiger partial charge in [0.15, 0.2) is 0 Å². The summed E-state index contributed by atoms with van der Waals surface area (Å²) in [7, 11) is 1.64. The minimum Gasteiger partial charge on any atom is -0.496 e. The largest absolute Gasteiger partial charge is 0.496 e. The molecule has 1 aromatic heterocycles. The molecule has 0 aliphatic heterocycles. The van der Waals surface area contributed by atoms with Crippen LogP contribution in [0.2, 0.25) is 0 Å². The Morgan fingerprint density at radius 1 is 1.26 bits per heavy atom. The van der Waals surface area contributed by atoms with E-state index < -0.39 is 0 Å². The fourth-order valence-corrected chi connectivity index (χ4v) is 3.73. The van der Waals surface area contributed by atoms with Gasteiger partial charge in [0.05, 0.1) is 11.6 Å². The minimum atomic E-state index is 0.329. The van der Waals surface area contributed by atoms with Gasteiger partial charge in [-0.15, -0.1) is 0 Å². The van der Waals surface area contributed by atoms with E-state index in [1.54, 1.807) is 7.11 Å². The molecule has 1 aromatic carbocycles. The normalized spacial score (nSPS) is 13.8. The van der Waals surface area contributed by atoms with Crippen molar-refractivity contribution in [3.8, 4) is 22.9 Å². The number of fused-ring (bicyclic) bond motifs is 1. The number of rotatable bonds is 2. The van der Waals surface area contributed by atoms with E-state index in [4.69, 9.17) is 10.5 Å². The Balaban J connectivity index is 2.27. The fraction of sp³-hybridized carbons (Fsp3) is 0.333. The molecule has 0 bridgehead atoms. The molecule has 3 rings (SSSR count). The first-order valence-corrected chi connectivity index (χ1v) is 8.50. The van der Waals surface area contributed by atoms with Crippen LogP contribution in [0.4, 0.5) is 5.82 Å². The van der Waals surface area contributed by atoms with Crippen LogP contribution in [-0.4, -0.2) is 12.1 Å². The number of pyridine rings is 1. The molecule has 5 heteroatoms. The molecule has 0 amide bonds. The second-order valence-electron chi connectivity index (χ2n) is 5.69. The SMILES string of the molecule is COc1ccc(-c2c(C#N)c(N)nc3c2CCCCC3)cc1Br. The van der Waals surface area contributed by atoms with Gasteiger partial charge in [-0.05, 0) is 64.9 Å². The molecule has 2 aromatic rings. The molecule has 23 heavy (non-hydrogen) atoms. The molecule has 0 unspecified atom stereocenters. The lowest BCUT2D eigenvalue weighted by Crippen LogP contribution is -2.07. The number of nitrogen functional groups attached to an aromatic ring is 1. The standard InChI is InChI=1S/C18H18BrN3O/c1-23-16-8-7-11(9-14(16)19)17-12-5-3-2-4-6-15(12)22-18(21)13(17)10-20/h7-9H,2-6H2,1H3,(H2,21,22). The Kier molecular flexibility index (Phi) is 4.53. The van der Waals surface area contributed by atoms with Crippen LogP contribution in [0.1, 0.15) is 36.1 Å². The van der Waals surface area contributed by atoms with Crippen molar-refractivity contribution in [3.05, 3.63) is 39.5 Å². The first-order chi connectivity index (χ1) is 11.2. The molecular formula is C18H18BrN3O. The topological polar surface area (TPSA) is 71.9 Å². The summed E-state index contributed by atoms with van der Waals surface area (Å²) in [5, 5.41) is 9.60. The summed E-state index contributed by atoms with van der Waals surface area (Å²) >= 11 is 3.53. The number of halogens is 1. The zero-order valence-corrected chi connectivity index (χ0v) is 14.6. The number of aromatic nitrogens is 1. The Labute approximate surface area is 144 Å². The third-order valence-electron chi connectivity index (χ3n) is 4.30. The smallest absolute Gasteiger partial charge is 0.142 e. The highest BCUT2D eigenvalue weighted by Gasteiger charge is 2.21. The van der Waals surface area contributed by atoms with Crippen molar-refractivity contribution < 1.29 is 4.74 Å². The van der Waals surface area contributed by atoms with Crippen molar-refractivity contribution in [2.75, 3.05) is 12.8 Å². The van der Waals surface area contributed by atoms with Crippen LogP contribution in [-0.2, 0) is 12.8 Å². The Morgan fingerprint density at radius 3 is 2.74 bits per heavy atom. The molecule has 1 aliphatic carbocycles. The van der Waals surface area contributed by atoms with Crippen LogP contribution in [0.3, 0.4) is 0 Å². The maximum atomic E-state index is 9.60. The van der Waals surface area contributed by atoms with Crippen molar-refractivity contribution in [3.63, 3.8) is 0 Å². The van der Waals surface area contributed by atoms with Gasteiger partial charge in [-0.25, -0.2) is 4.98 Å². The molecule has 0 saturated carbocycles. The van der Waals surface area contributed by atoms with Crippen LogP contribution in [0.15, 0.2) is 22.7 Å². The molecule has 0 atom stereocenters. The monoisotopic (exact) mass is 371 g/mol. The fourth-order valence-electron chi connectivity index (χ4n) is 3.19. The van der Waals surface area contributed by atoms with E-state index >= 15 is 0 Å². The maximum Gasteiger partial charge on any atom is 0.142 e. The molecule has 1 aliphatic rings. The van der Waals surface area contributed by atoms with E-state index in [-0.39, 0.29) is 0 Å². The number of nitrogens with zero attached hydrogens (tertiary/aromatic N) is 2. The summed E-state index contributed by atoms with van der Waals surface area (Å²) in [6.07, 6.45) is 5.29. The average Bonchev–Trinajstić information content (AvgIpc) is 2.78. The summed E-state index contributed by atoms with van der Waals surface area (Å²) in [5.41, 5.74) is 10.7. The van der Waals surface area contributed by atoms with Gasteiger partial charge in [0.1, 0.15) is 23.2 Å². The number of nitriles is 1. The third-order valence-corrected chi connectivity index (χ3v) is 4.92. The summed E-state index contributed by atoms with van der Waals surface area (Å²) in [4.78, 5) is 4.51. The van der Waals surface area contributed by atoms with Gasteiger partial charge < -0.3 is 10.5 Å². The Morgan fingerprint density at radius 2 is 2.04 bits per heavy atom. The minimum absolute atomic E-state index is 0.329. The predicted molar refractivity (Wildman–Crippen MR) is 94.3 cm³/mol. The highest BCUT2D eigenvalue weighted by atomic mass is 79.9. The van der Waals surface area contributed by atoms with Crippen molar-refractivity contribution >= 4 is 21.7 Å². The number of nitrogens with two attached hydrogens (primary N) is 1. The lowest BCUT2D eigenvalue weighted by molar-refractivity contribution is 0.412. The predicted octanol–water partition coefficient (Wildman–Crippen LogP) is 4.24. The van der Waals surface area contributed by atoms with Gasteiger partial charge in [0.2, 0.25) is 0 Å². The van der Waals surface area contributed by atoms with E-state index in [0.717, 1.165) is 52.7 Å². The van der Waals surface area contributed by atoms with Crippen molar-refractivity contribution in [2.45, 2.75) is 32.1 Å². The van der Waals surface area contributed by atoms with Gasteiger partial charge in [-0.3, -0.25) is 0 Å². The summed E-state index contributed by atoms with van der Waals surface area (Å²) in [5.74, 6) is 1.09. The second kappa shape index (κ2) is 6.59. The Hall–Kier alpha value is -2.06. The lowest BCUT2D eigenvalue weighted by Gasteiger charge is -2.16. The average molecular weight is 372 g/mol. The first-order valence-electron chi connectivity index (χ1n) is 7.71. The van der Waals surface area contributed by atoms with Gasteiger partial charge in [0.25, 0.3) is 0 Å². The first kappa shape index (κ1) is 15.8. The molecule has 0 fully saturated rings. The maximum absolute atomic E-state index is 9.60. The molecule has 118 valence electrons. The zero-order chi connectivity index (χ0) is 16.4. The van der Waals surface area contributed by atoms with Gasteiger partial charge >= 0.3 is 0 Å². The molecule has 4 nitrogen and oxygen atoms in total. The second-order valence-corrected chi connectivity index (χ2v) is 6.55. The molecule has 2 N–H and O–H groups in total. The summed E-state index contributed by atoms with van der Waals surface area (Å²) in [6.45, 7) is 0. The highest BCUT2D eigenvalue weighted by Crippen LogP contribution is 2.38. The molecule has 0 spiro atoms. The lowest BCUT2D eigenvalue weighted by atomic mass is 9.92. The van der Waals surface area contributed by atoms with Crippen LogP contribution in [0.25, 0.3) is 11.1 Å². The third kappa shape index (κ3) is 2.91. The number of aryl methyl sites for hydroxylation is 1. The number of hydrogen-bond donors (Lipinski definition) is 1. The van der Waals surface area contributed by atoms with Crippen LogP contribution < -0.4 is 10.5 Å². The van der Waals surface area contributed by atoms with E-state index in [1.807, 2.05) is 18.2 Å². The number of benzene rings is 1. The number of hydrogen-bond acceptors (Lipinski definition) is 4. The van der Waals surface area contributed by atoms with Gasteiger partial charge in [0, 0.05) is 11.3 Å². The summed E-state index contributed by atoms with van der Waals surface area (Å²) in [6, 6.07) is 8.11. The molecular weight excluding hydrogens is 354 g/mol. The van der Waals surface area contributed by atoms with Gasteiger partial charge in [-0.2, -0.15) is 5.26 Å². The summed E-state index contributed by atoms with van der Waals surface area (Å²) < 4.78 is 6.16. The van der Waals surface area contributed by atoms with Crippen LogP contribution in [0, 0.1) is 11.3 Å². The molecule has 0 saturated heterocycles. The number of ether oxygens (including phenoxy) is 1. The van der Waals surface area contributed by atoms with E-state index in [0.29, 0.717) is 11.4 Å². The van der Waals surface area contributed by atoms with E-state index in [2.05, 4.69) is 27.0 Å². The highest BCUT2D eigenvalue weighted by molar-refractivity contribution is 9.10. The number of methoxy groups -OCH3 is 1. The van der Waals surface area contributed by atoms with Crippen LogP contribution in [0.5, 0.6) is 5.75 Å². The Bertz CT molecular complexity index is 796. The van der Waals surface area contributed by atoms with Crippen LogP contribution >= 0.6 is 15.9 Å². The molecule has 0 radical (unpaired) electrons.